The van der Waals surface area contributed by atoms with Crippen LogP contribution in [0.2, 0.25) is 0 Å². The van der Waals surface area contributed by atoms with E-state index in [4.69, 9.17) is 15.0 Å². The molecule has 2 atom stereocenters. The molecule has 1 aromatic heterocycles. The van der Waals surface area contributed by atoms with Crippen LogP contribution in [0.3, 0.4) is 0 Å². The lowest BCUT2D eigenvalue weighted by Crippen LogP contribution is -2.47. The first-order valence-electron chi connectivity index (χ1n) is 6.20. The lowest BCUT2D eigenvalue weighted by atomic mass is 10.2. The molecule has 1 aliphatic heterocycles. The lowest BCUT2D eigenvalue weighted by Gasteiger charge is -2.35. The Balaban J connectivity index is 2.04. The summed E-state index contributed by atoms with van der Waals surface area (Å²) in [6, 6.07) is 1.59. The van der Waals surface area contributed by atoms with Crippen molar-refractivity contribution in [1.29, 1.82) is 0 Å². The molecule has 2 rings (SSSR count). The summed E-state index contributed by atoms with van der Waals surface area (Å²) in [4.78, 5) is 13.6. The van der Waals surface area contributed by atoms with Crippen LogP contribution in [0.15, 0.2) is 16.7 Å². The van der Waals surface area contributed by atoms with Crippen LogP contribution < -0.4 is 11.3 Å². The number of hydrogen-bond acceptors (Lipinski definition) is 6. The molecule has 2 unspecified atom stereocenters. The van der Waals surface area contributed by atoms with E-state index in [0.717, 1.165) is 6.54 Å². The second kappa shape index (κ2) is 6.16. The maximum atomic E-state index is 11.5. The van der Waals surface area contributed by atoms with Crippen molar-refractivity contribution < 1.29 is 19.1 Å². The maximum absolute atomic E-state index is 11.5. The van der Waals surface area contributed by atoms with E-state index in [2.05, 4.69) is 10.3 Å². The van der Waals surface area contributed by atoms with Crippen LogP contribution in [0, 0.1) is 0 Å². The molecule has 0 aliphatic carbocycles. The highest BCUT2D eigenvalue weighted by Gasteiger charge is 2.26. The van der Waals surface area contributed by atoms with Gasteiger partial charge in [-0.1, -0.05) is 0 Å². The van der Waals surface area contributed by atoms with Gasteiger partial charge in [-0.25, -0.2) is 5.84 Å². The summed E-state index contributed by atoms with van der Waals surface area (Å²) in [5.74, 6) is 5.32. The number of furan rings is 1. The van der Waals surface area contributed by atoms with Crippen molar-refractivity contribution >= 4 is 5.91 Å². The minimum absolute atomic E-state index is 0.0187. The van der Waals surface area contributed by atoms with Gasteiger partial charge in [-0.3, -0.25) is 15.1 Å². The molecule has 7 nitrogen and oxygen atoms in total. The zero-order valence-corrected chi connectivity index (χ0v) is 10.8. The lowest BCUT2D eigenvalue weighted by molar-refractivity contribution is -0.0983. The summed E-state index contributed by atoms with van der Waals surface area (Å²) in [6.45, 7) is 3.74. The van der Waals surface area contributed by atoms with Gasteiger partial charge in [0.25, 0.3) is 5.91 Å². The minimum Gasteiger partial charge on any atom is -0.467 e. The van der Waals surface area contributed by atoms with Gasteiger partial charge < -0.3 is 14.3 Å². The van der Waals surface area contributed by atoms with Crippen LogP contribution in [-0.2, 0) is 11.3 Å². The van der Waals surface area contributed by atoms with Gasteiger partial charge in [0.05, 0.1) is 37.2 Å². The fraction of sp³-hybridized carbons (Fsp3) is 0.583. The van der Waals surface area contributed by atoms with Gasteiger partial charge in [0, 0.05) is 13.1 Å². The van der Waals surface area contributed by atoms with Crippen LogP contribution in [0.4, 0.5) is 0 Å². The molecule has 0 saturated carbocycles. The van der Waals surface area contributed by atoms with Crippen LogP contribution in [0.1, 0.15) is 23.0 Å². The van der Waals surface area contributed by atoms with Gasteiger partial charge in [0.15, 0.2) is 0 Å². The van der Waals surface area contributed by atoms with Gasteiger partial charge in [-0.05, 0) is 13.0 Å². The molecule has 106 valence electrons. The van der Waals surface area contributed by atoms with Gasteiger partial charge in [0.2, 0.25) is 0 Å². The summed E-state index contributed by atoms with van der Waals surface area (Å²) in [5, 5.41) is 9.18. The second-order valence-corrected chi connectivity index (χ2v) is 4.68. The van der Waals surface area contributed by atoms with Crippen molar-refractivity contribution in [3.05, 3.63) is 23.7 Å². The maximum Gasteiger partial charge on any atom is 0.268 e. The predicted octanol–water partition coefficient (Wildman–Crippen LogP) is -0.535. The standard InChI is InChI=1S/C12H19N3O4/c1-8-4-15(5-9(7-16)19-8)6-11-10(2-3-18-11)12(17)14-13/h2-3,8-9,16H,4-7,13H2,1H3,(H,14,17). The summed E-state index contributed by atoms with van der Waals surface area (Å²) >= 11 is 0. The molecule has 1 fully saturated rings. The van der Waals surface area contributed by atoms with E-state index in [1.54, 1.807) is 6.07 Å². The highest BCUT2D eigenvalue weighted by molar-refractivity contribution is 5.94. The Morgan fingerprint density at radius 3 is 3.11 bits per heavy atom. The Morgan fingerprint density at radius 2 is 2.42 bits per heavy atom. The fourth-order valence-electron chi connectivity index (χ4n) is 2.32. The number of nitrogen functional groups attached to an aromatic ring is 1. The van der Waals surface area contributed by atoms with E-state index in [9.17, 15) is 9.90 Å². The summed E-state index contributed by atoms with van der Waals surface area (Å²) < 4.78 is 10.9. The van der Waals surface area contributed by atoms with Crippen molar-refractivity contribution in [2.24, 2.45) is 5.84 Å². The van der Waals surface area contributed by atoms with E-state index in [1.807, 2.05) is 6.92 Å². The molecule has 0 radical (unpaired) electrons. The minimum atomic E-state index is -0.372. The molecule has 4 N–H and O–H groups in total. The van der Waals surface area contributed by atoms with Crippen molar-refractivity contribution in [3.8, 4) is 0 Å². The topological polar surface area (TPSA) is 101 Å². The van der Waals surface area contributed by atoms with Gasteiger partial charge in [-0.2, -0.15) is 0 Å². The molecular weight excluding hydrogens is 250 g/mol. The molecule has 1 saturated heterocycles. The zero-order valence-electron chi connectivity index (χ0n) is 10.8. The number of hydrogen-bond donors (Lipinski definition) is 3. The molecule has 1 aliphatic rings. The first-order chi connectivity index (χ1) is 9.13. The largest absolute Gasteiger partial charge is 0.467 e. The number of nitrogens with one attached hydrogen (secondary N) is 1. The third kappa shape index (κ3) is 3.32. The molecule has 2 heterocycles. The SMILES string of the molecule is CC1CN(Cc2occc2C(=O)NN)CC(CO)O1. The number of ether oxygens (including phenoxy) is 1. The summed E-state index contributed by atoms with van der Waals surface area (Å²) in [6.07, 6.45) is 1.30. The van der Waals surface area contributed by atoms with Crippen LogP contribution in [0.5, 0.6) is 0 Å². The monoisotopic (exact) mass is 269 g/mol. The number of nitrogens with zero attached hydrogens (tertiary/aromatic N) is 1. The second-order valence-electron chi connectivity index (χ2n) is 4.68. The van der Waals surface area contributed by atoms with E-state index < -0.39 is 0 Å². The highest BCUT2D eigenvalue weighted by Crippen LogP contribution is 2.17. The Labute approximate surface area is 111 Å². The number of aliphatic hydroxyl groups excluding tert-OH is 1. The third-order valence-electron chi connectivity index (χ3n) is 3.09. The van der Waals surface area contributed by atoms with E-state index in [-0.39, 0.29) is 24.7 Å². The number of nitrogens with two attached hydrogens (primary N) is 1. The smallest absolute Gasteiger partial charge is 0.268 e. The van der Waals surface area contributed by atoms with E-state index >= 15 is 0 Å². The number of carbonyl (C=O) groups is 1. The number of aliphatic hydroxyl groups is 1. The molecule has 0 bridgehead atoms. The number of amides is 1. The zero-order chi connectivity index (χ0) is 13.8. The molecular formula is C12H19N3O4. The average molecular weight is 269 g/mol. The van der Waals surface area contributed by atoms with Crippen molar-refractivity contribution in [3.63, 3.8) is 0 Å². The molecule has 1 amide bonds. The number of hydrazine groups is 1. The van der Waals surface area contributed by atoms with Crippen molar-refractivity contribution in [1.82, 2.24) is 10.3 Å². The Hall–Kier alpha value is -1.41. The number of carbonyl (C=O) groups excluding carboxylic acids is 1. The van der Waals surface area contributed by atoms with Gasteiger partial charge in [0.1, 0.15) is 5.76 Å². The Bertz CT molecular complexity index is 434. The van der Waals surface area contributed by atoms with Gasteiger partial charge >= 0.3 is 0 Å². The van der Waals surface area contributed by atoms with Gasteiger partial charge in [-0.15, -0.1) is 0 Å². The van der Waals surface area contributed by atoms with E-state index in [0.29, 0.717) is 24.4 Å². The Kier molecular flexibility index (Phi) is 4.54. The molecule has 7 heteroatoms. The molecule has 19 heavy (non-hydrogen) atoms. The Morgan fingerprint density at radius 1 is 1.63 bits per heavy atom. The number of rotatable bonds is 4. The number of morpholine rings is 1. The summed E-state index contributed by atoms with van der Waals surface area (Å²) in [5.41, 5.74) is 2.52. The molecule has 1 aromatic rings. The van der Waals surface area contributed by atoms with Crippen LogP contribution >= 0.6 is 0 Å². The van der Waals surface area contributed by atoms with Crippen molar-refractivity contribution in [2.75, 3.05) is 19.7 Å². The first-order valence-corrected chi connectivity index (χ1v) is 6.20. The quantitative estimate of drug-likeness (QED) is 0.386. The van der Waals surface area contributed by atoms with Crippen molar-refractivity contribution in [2.45, 2.75) is 25.7 Å². The third-order valence-corrected chi connectivity index (χ3v) is 3.09. The molecule has 0 aromatic carbocycles. The molecule has 0 spiro atoms. The fourth-order valence-corrected chi connectivity index (χ4v) is 2.32. The predicted molar refractivity (Wildman–Crippen MR) is 67.1 cm³/mol. The average Bonchev–Trinajstić information content (AvgIpc) is 2.85. The first kappa shape index (κ1) is 14.0. The van der Waals surface area contributed by atoms with E-state index in [1.165, 1.54) is 6.26 Å². The van der Waals surface area contributed by atoms with Crippen LogP contribution in [0.25, 0.3) is 0 Å². The summed E-state index contributed by atoms with van der Waals surface area (Å²) in [7, 11) is 0. The van der Waals surface area contributed by atoms with Crippen LogP contribution in [-0.4, -0.2) is 47.8 Å². The normalized spacial score (nSPS) is 24.4. The highest BCUT2D eigenvalue weighted by atomic mass is 16.5.